The topological polar surface area (TPSA) is 85.4 Å². The second-order valence-electron chi connectivity index (χ2n) is 11.0. The van der Waals surface area contributed by atoms with Crippen LogP contribution in [0.25, 0.3) is 0 Å². The van der Waals surface area contributed by atoms with E-state index >= 15 is 0 Å². The van der Waals surface area contributed by atoms with Gasteiger partial charge in [-0.05, 0) is 84.1 Å². The van der Waals surface area contributed by atoms with E-state index in [1.807, 2.05) is 67.5 Å². The molecule has 34 heavy (non-hydrogen) atoms. The van der Waals surface area contributed by atoms with E-state index in [0.717, 1.165) is 16.7 Å². The maximum atomic E-state index is 12.4. The fourth-order valence-corrected chi connectivity index (χ4v) is 5.01. The monoisotopic (exact) mass is 514 g/mol. The van der Waals surface area contributed by atoms with E-state index in [1.165, 1.54) is 0 Å². The van der Waals surface area contributed by atoms with E-state index in [-0.39, 0.29) is 11.8 Å². The Morgan fingerprint density at radius 1 is 1.09 bits per heavy atom. The molecule has 0 unspecified atom stereocenters. The van der Waals surface area contributed by atoms with Crippen molar-refractivity contribution in [2.24, 2.45) is 0 Å². The van der Waals surface area contributed by atoms with Crippen LogP contribution in [0.1, 0.15) is 59.6 Å². The van der Waals surface area contributed by atoms with Crippen LogP contribution in [0.15, 0.2) is 12.1 Å². The highest BCUT2D eigenvalue weighted by Crippen LogP contribution is 2.37. The van der Waals surface area contributed by atoms with Gasteiger partial charge in [-0.25, -0.2) is 13.2 Å². The Morgan fingerprint density at radius 3 is 2.09 bits per heavy atom. The predicted octanol–water partition coefficient (Wildman–Crippen LogP) is 3.42. The smallest absolute Gasteiger partial charge is 0.444 e. The first-order valence-electron chi connectivity index (χ1n) is 11.5. The Morgan fingerprint density at radius 2 is 1.62 bits per heavy atom. The highest BCUT2D eigenvalue weighted by Gasteiger charge is 2.52. The van der Waals surface area contributed by atoms with E-state index in [2.05, 4.69) is 4.90 Å². The van der Waals surface area contributed by atoms with Crippen molar-refractivity contribution in [2.45, 2.75) is 77.9 Å². The number of hydrogen-bond donors (Lipinski definition) is 0. The van der Waals surface area contributed by atoms with Crippen LogP contribution in [0.4, 0.5) is 10.5 Å². The summed E-state index contributed by atoms with van der Waals surface area (Å²) in [6.07, 6.45) is -0.331. The fraction of sp³-hybridized carbons (Fsp3) is 0.696. The molecule has 0 aliphatic carbocycles. The first kappa shape index (κ1) is 27.1. The van der Waals surface area contributed by atoms with Gasteiger partial charge in [0.1, 0.15) is 5.60 Å². The number of ether oxygens (including phenoxy) is 1. The lowest BCUT2D eigenvalue weighted by Crippen LogP contribution is -2.50. The summed E-state index contributed by atoms with van der Waals surface area (Å²) in [6.45, 7) is 17.5. The van der Waals surface area contributed by atoms with E-state index in [1.54, 1.807) is 4.90 Å². The van der Waals surface area contributed by atoms with Gasteiger partial charge in [0, 0.05) is 42.5 Å². The molecule has 8 nitrogen and oxygen atoms in total. The minimum absolute atomic E-state index is 0.293. The predicted molar refractivity (Wildman–Crippen MR) is 135 cm³/mol. The van der Waals surface area contributed by atoms with Gasteiger partial charge in [-0.3, -0.25) is 0 Å². The molecule has 2 aliphatic rings. The number of carbonyl (C=O) groups excluding carboxylic acids is 1. The van der Waals surface area contributed by atoms with Gasteiger partial charge in [0.2, 0.25) is 9.05 Å². The zero-order valence-electron chi connectivity index (χ0n) is 21.4. The molecule has 2 aliphatic heterocycles. The molecule has 3 rings (SSSR count). The molecule has 11 heteroatoms. The summed E-state index contributed by atoms with van der Waals surface area (Å²) in [6, 6.07) is 3.85. The molecule has 0 saturated carbocycles. The van der Waals surface area contributed by atoms with Gasteiger partial charge in [0.05, 0.1) is 17.0 Å². The van der Waals surface area contributed by atoms with Crippen molar-refractivity contribution in [2.75, 3.05) is 31.1 Å². The first-order valence-corrected chi connectivity index (χ1v) is 14.0. The second-order valence-corrected chi connectivity index (χ2v) is 13.8. The van der Waals surface area contributed by atoms with Gasteiger partial charge >= 0.3 is 13.2 Å². The number of halogens is 1. The maximum absolute atomic E-state index is 12.4. The van der Waals surface area contributed by atoms with Crippen LogP contribution in [0, 0.1) is 6.92 Å². The van der Waals surface area contributed by atoms with Crippen LogP contribution in [-0.4, -0.2) is 69.5 Å². The lowest BCUT2D eigenvalue weighted by Gasteiger charge is -2.37. The Bertz CT molecular complexity index is 1030. The minimum atomic E-state index is -3.77. The summed E-state index contributed by atoms with van der Waals surface area (Å²) < 4.78 is 41.9. The number of anilines is 1. The molecule has 2 saturated heterocycles. The summed E-state index contributed by atoms with van der Waals surface area (Å²) in [5, 5.41) is 0. The zero-order valence-corrected chi connectivity index (χ0v) is 23.0. The molecule has 1 amide bonds. The van der Waals surface area contributed by atoms with Crippen LogP contribution >= 0.6 is 10.7 Å². The molecule has 0 N–H and O–H groups in total. The third-order valence-electron chi connectivity index (χ3n) is 6.67. The number of nitrogens with zero attached hydrogens (tertiary/aromatic N) is 2. The largest absolute Gasteiger partial charge is 0.495 e. The van der Waals surface area contributed by atoms with Gasteiger partial charge in [0.25, 0.3) is 0 Å². The molecule has 190 valence electrons. The normalized spacial score (nSPS) is 20.6. The second kappa shape index (κ2) is 9.19. The van der Waals surface area contributed by atoms with E-state index in [9.17, 15) is 13.2 Å². The van der Waals surface area contributed by atoms with Crippen molar-refractivity contribution < 1.29 is 27.3 Å². The van der Waals surface area contributed by atoms with Crippen LogP contribution < -0.4 is 10.4 Å². The third kappa shape index (κ3) is 6.19. The number of rotatable bonds is 4. The van der Waals surface area contributed by atoms with Crippen molar-refractivity contribution in [3.8, 4) is 0 Å². The van der Waals surface area contributed by atoms with Crippen LogP contribution in [0.2, 0.25) is 0 Å². The Kier molecular flexibility index (Phi) is 7.33. The third-order valence-corrected chi connectivity index (χ3v) is 7.65. The molecule has 0 atom stereocenters. The Labute approximate surface area is 208 Å². The van der Waals surface area contributed by atoms with Crippen molar-refractivity contribution in [1.82, 2.24) is 4.90 Å². The van der Waals surface area contributed by atoms with Crippen molar-refractivity contribution >= 4 is 44.1 Å². The molecule has 0 radical (unpaired) electrons. The molecular formula is C23H36BClN2O6S. The molecule has 0 bridgehead atoms. The molecule has 1 aromatic rings. The van der Waals surface area contributed by atoms with Crippen molar-refractivity contribution in [3.63, 3.8) is 0 Å². The lowest BCUT2D eigenvalue weighted by atomic mass is 9.74. The van der Waals surface area contributed by atoms with Gasteiger partial charge in [-0.2, -0.15) is 0 Å². The standard InChI is InChI=1S/C23H36BClN2O6S/c1-16-17(15-34(25,29)30)13-18(14-19(16)24-32-22(5,6)23(7,8)33-24)26-9-11-27(12-10-26)20(28)31-21(2,3)4/h13-14H,9-12,15H2,1-8H3. The van der Waals surface area contributed by atoms with E-state index in [4.69, 9.17) is 24.7 Å². The Balaban J connectivity index is 1.89. The Hall–Kier alpha value is -1.49. The number of hydrogen-bond acceptors (Lipinski definition) is 7. The average molecular weight is 515 g/mol. The van der Waals surface area contributed by atoms with Crippen molar-refractivity contribution in [1.29, 1.82) is 0 Å². The summed E-state index contributed by atoms with van der Waals surface area (Å²) in [5.41, 5.74) is 1.39. The molecule has 0 aromatic heterocycles. The van der Waals surface area contributed by atoms with Gasteiger partial charge in [0.15, 0.2) is 0 Å². The molecule has 0 spiro atoms. The van der Waals surface area contributed by atoms with Crippen LogP contribution in [0.3, 0.4) is 0 Å². The van der Waals surface area contributed by atoms with Crippen molar-refractivity contribution in [3.05, 3.63) is 23.3 Å². The maximum Gasteiger partial charge on any atom is 0.495 e. The molecular weight excluding hydrogens is 479 g/mol. The number of piperazine rings is 1. The number of benzene rings is 1. The summed E-state index contributed by atoms with van der Waals surface area (Å²) in [4.78, 5) is 16.2. The highest BCUT2D eigenvalue weighted by molar-refractivity contribution is 8.13. The van der Waals surface area contributed by atoms with E-state index < -0.39 is 33.0 Å². The quantitative estimate of drug-likeness (QED) is 0.449. The van der Waals surface area contributed by atoms with Gasteiger partial charge in [-0.1, -0.05) is 0 Å². The highest BCUT2D eigenvalue weighted by atomic mass is 35.7. The SMILES string of the molecule is Cc1c(CS(=O)(=O)Cl)cc(N2CCN(C(=O)OC(C)(C)C)CC2)cc1B1OC(C)(C)C(C)(C)O1. The average Bonchev–Trinajstić information content (AvgIpc) is 2.88. The van der Waals surface area contributed by atoms with Gasteiger partial charge in [-0.15, -0.1) is 0 Å². The van der Waals surface area contributed by atoms with E-state index in [0.29, 0.717) is 31.7 Å². The molecule has 2 fully saturated rings. The lowest BCUT2D eigenvalue weighted by molar-refractivity contribution is 0.00578. The summed E-state index contributed by atoms with van der Waals surface area (Å²) >= 11 is 0. The minimum Gasteiger partial charge on any atom is -0.444 e. The summed E-state index contributed by atoms with van der Waals surface area (Å²) in [7, 11) is 1.22. The number of amides is 1. The molecule has 1 aromatic carbocycles. The molecule has 2 heterocycles. The first-order chi connectivity index (χ1) is 15.4. The van der Waals surface area contributed by atoms with Crippen LogP contribution in [-0.2, 0) is 28.8 Å². The summed E-state index contributed by atoms with van der Waals surface area (Å²) in [5.74, 6) is -0.293. The zero-order chi connectivity index (χ0) is 25.7. The van der Waals surface area contributed by atoms with Crippen LogP contribution in [0.5, 0.6) is 0 Å². The van der Waals surface area contributed by atoms with Gasteiger partial charge < -0.3 is 23.8 Å². The fourth-order valence-electron chi connectivity index (χ4n) is 3.99. The number of carbonyl (C=O) groups is 1.